The summed E-state index contributed by atoms with van der Waals surface area (Å²) < 4.78 is 13.7. The second kappa shape index (κ2) is 6.05. The zero-order chi connectivity index (χ0) is 15.5. The Balaban J connectivity index is 1.66. The van der Waals surface area contributed by atoms with E-state index in [2.05, 4.69) is 0 Å². The maximum atomic E-state index is 13.7. The fraction of sp³-hybridized carbons (Fsp3) is 0.235. The normalized spacial score (nSPS) is 15.2. The summed E-state index contributed by atoms with van der Waals surface area (Å²) in [6, 6.07) is 14.0. The second-order valence-corrected chi connectivity index (χ2v) is 5.42. The maximum Gasteiger partial charge on any atom is 0.242 e. The van der Waals surface area contributed by atoms with Gasteiger partial charge < -0.3 is 15.5 Å². The third-order valence-electron chi connectivity index (χ3n) is 3.90. The van der Waals surface area contributed by atoms with E-state index >= 15 is 0 Å². The van der Waals surface area contributed by atoms with Gasteiger partial charge in [0.2, 0.25) is 5.91 Å². The number of hydrogen-bond donors (Lipinski definition) is 1. The Kier molecular flexibility index (Phi) is 3.96. The summed E-state index contributed by atoms with van der Waals surface area (Å²) in [5.41, 5.74) is 7.91. The summed E-state index contributed by atoms with van der Waals surface area (Å²) in [5, 5.41) is 0. The van der Waals surface area contributed by atoms with Gasteiger partial charge in [0.05, 0.1) is 6.54 Å². The van der Waals surface area contributed by atoms with Crippen LogP contribution >= 0.6 is 0 Å². The van der Waals surface area contributed by atoms with Crippen molar-refractivity contribution < 1.29 is 9.18 Å². The van der Waals surface area contributed by atoms with Crippen LogP contribution in [0.1, 0.15) is 5.56 Å². The first kappa shape index (κ1) is 14.4. The van der Waals surface area contributed by atoms with Crippen LogP contribution in [0.2, 0.25) is 0 Å². The van der Waals surface area contributed by atoms with Crippen LogP contribution in [0, 0.1) is 5.82 Å². The lowest BCUT2D eigenvalue weighted by molar-refractivity contribution is -0.131. The second-order valence-electron chi connectivity index (χ2n) is 5.42. The largest absolute Gasteiger partial charge is 0.399 e. The van der Waals surface area contributed by atoms with Crippen molar-refractivity contribution in [3.8, 4) is 0 Å². The van der Waals surface area contributed by atoms with Gasteiger partial charge in [0.25, 0.3) is 0 Å². The van der Waals surface area contributed by atoms with E-state index in [1.807, 2.05) is 29.2 Å². The number of nitrogens with two attached hydrogens (primary N) is 1. The molecule has 0 saturated carbocycles. The standard InChI is InChI=1S/C17H18FN3O/c18-16-4-2-1-3-13(16)11-21-10-9-20(12-17(21)22)15-7-5-14(19)6-8-15/h1-8H,9-12,19H2. The van der Waals surface area contributed by atoms with Gasteiger partial charge in [-0.3, -0.25) is 4.79 Å². The predicted molar refractivity (Wildman–Crippen MR) is 84.9 cm³/mol. The van der Waals surface area contributed by atoms with Crippen LogP contribution < -0.4 is 10.6 Å². The molecule has 0 aromatic heterocycles. The van der Waals surface area contributed by atoms with Gasteiger partial charge in [0.15, 0.2) is 0 Å². The lowest BCUT2D eigenvalue weighted by Gasteiger charge is -2.35. The Morgan fingerprint density at radius 1 is 1.05 bits per heavy atom. The third kappa shape index (κ3) is 3.03. The number of nitrogens with zero attached hydrogens (tertiary/aromatic N) is 2. The molecule has 2 aromatic carbocycles. The van der Waals surface area contributed by atoms with Gasteiger partial charge in [-0.2, -0.15) is 0 Å². The fourth-order valence-corrected chi connectivity index (χ4v) is 2.61. The Morgan fingerprint density at radius 2 is 1.77 bits per heavy atom. The number of rotatable bonds is 3. The molecule has 1 fully saturated rings. The number of anilines is 2. The molecule has 5 heteroatoms. The zero-order valence-electron chi connectivity index (χ0n) is 12.2. The van der Waals surface area contributed by atoms with Crippen molar-refractivity contribution in [3.05, 3.63) is 59.9 Å². The first-order valence-electron chi connectivity index (χ1n) is 7.25. The van der Waals surface area contributed by atoms with Crippen LogP contribution in [-0.2, 0) is 11.3 Å². The highest BCUT2D eigenvalue weighted by atomic mass is 19.1. The number of amides is 1. The average molecular weight is 299 g/mol. The Morgan fingerprint density at radius 3 is 2.45 bits per heavy atom. The van der Waals surface area contributed by atoms with E-state index in [1.54, 1.807) is 23.1 Å². The molecule has 0 spiro atoms. The van der Waals surface area contributed by atoms with E-state index in [-0.39, 0.29) is 11.7 Å². The molecule has 0 aliphatic carbocycles. The Bertz CT molecular complexity index is 672. The number of nitrogen functional groups attached to an aromatic ring is 1. The van der Waals surface area contributed by atoms with E-state index in [0.717, 1.165) is 12.2 Å². The van der Waals surface area contributed by atoms with Crippen molar-refractivity contribution in [2.24, 2.45) is 0 Å². The number of halogens is 1. The monoisotopic (exact) mass is 299 g/mol. The molecule has 2 N–H and O–H groups in total. The lowest BCUT2D eigenvalue weighted by atomic mass is 10.1. The van der Waals surface area contributed by atoms with Gasteiger partial charge >= 0.3 is 0 Å². The summed E-state index contributed by atoms with van der Waals surface area (Å²) in [7, 11) is 0. The van der Waals surface area contributed by atoms with Gasteiger partial charge in [-0.25, -0.2) is 4.39 Å². The number of hydrogen-bond acceptors (Lipinski definition) is 3. The summed E-state index contributed by atoms with van der Waals surface area (Å²) >= 11 is 0. The highest BCUT2D eigenvalue weighted by Gasteiger charge is 2.24. The van der Waals surface area contributed by atoms with Crippen molar-refractivity contribution >= 4 is 17.3 Å². The first-order valence-corrected chi connectivity index (χ1v) is 7.25. The van der Waals surface area contributed by atoms with Crippen LogP contribution in [0.25, 0.3) is 0 Å². The summed E-state index contributed by atoms with van der Waals surface area (Å²) in [6.45, 7) is 1.93. The minimum atomic E-state index is -0.267. The minimum Gasteiger partial charge on any atom is -0.399 e. The van der Waals surface area contributed by atoms with E-state index in [4.69, 9.17) is 5.73 Å². The molecule has 0 atom stereocenters. The molecule has 1 saturated heterocycles. The van der Waals surface area contributed by atoms with Crippen LogP contribution in [0.15, 0.2) is 48.5 Å². The van der Waals surface area contributed by atoms with Crippen molar-refractivity contribution in [2.45, 2.75) is 6.54 Å². The SMILES string of the molecule is Nc1ccc(N2CCN(Cc3ccccc3F)C(=O)C2)cc1. The third-order valence-corrected chi connectivity index (χ3v) is 3.90. The predicted octanol–water partition coefficient (Wildman–Crippen LogP) is 2.26. The molecular weight excluding hydrogens is 281 g/mol. The van der Waals surface area contributed by atoms with Crippen LogP contribution in [-0.4, -0.2) is 30.4 Å². The first-order chi connectivity index (χ1) is 10.6. The average Bonchev–Trinajstić information content (AvgIpc) is 2.52. The van der Waals surface area contributed by atoms with Crippen LogP contribution in [0.3, 0.4) is 0 Å². The molecule has 1 aliphatic rings. The highest BCUT2D eigenvalue weighted by Crippen LogP contribution is 2.20. The summed E-state index contributed by atoms with van der Waals surface area (Å²) in [4.78, 5) is 16.0. The van der Waals surface area contributed by atoms with Gasteiger partial charge in [-0.1, -0.05) is 18.2 Å². The molecule has 0 bridgehead atoms. The molecular formula is C17H18FN3O. The number of carbonyl (C=O) groups excluding carboxylic acids is 1. The van der Waals surface area contributed by atoms with Crippen molar-refractivity contribution in [1.82, 2.24) is 4.90 Å². The van der Waals surface area contributed by atoms with Crippen molar-refractivity contribution in [2.75, 3.05) is 30.3 Å². The molecule has 1 aliphatic heterocycles. The molecule has 3 rings (SSSR count). The van der Waals surface area contributed by atoms with E-state index in [1.165, 1.54) is 6.07 Å². The lowest BCUT2D eigenvalue weighted by Crippen LogP contribution is -2.50. The minimum absolute atomic E-state index is 0.00586. The van der Waals surface area contributed by atoms with E-state index < -0.39 is 0 Å². The Labute approximate surface area is 128 Å². The van der Waals surface area contributed by atoms with E-state index in [0.29, 0.717) is 30.9 Å². The zero-order valence-corrected chi connectivity index (χ0v) is 12.2. The van der Waals surface area contributed by atoms with Crippen molar-refractivity contribution in [1.29, 1.82) is 0 Å². The van der Waals surface area contributed by atoms with Gasteiger partial charge in [0.1, 0.15) is 5.82 Å². The van der Waals surface area contributed by atoms with Gasteiger partial charge in [0, 0.05) is 36.6 Å². The molecule has 22 heavy (non-hydrogen) atoms. The summed E-state index contributed by atoms with van der Waals surface area (Å²) in [6.07, 6.45) is 0. The van der Waals surface area contributed by atoms with Gasteiger partial charge in [-0.05, 0) is 30.3 Å². The number of benzene rings is 2. The topological polar surface area (TPSA) is 49.6 Å². The molecule has 0 unspecified atom stereocenters. The molecule has 4 nitrogen and oxygen atoms in total. The smallest absolute Gasteiger partial charge is 0.242 e. The Hall–Kier alpha value is -2.56. The quantitative estimate of drug-likeness (QED) is 0.884. The molecule has 1 amide bonds. The molecule has 114 valence electrons. The number of carbonyl (C=O) groups is 1. The van der Waals surface area contributed by atoms with Gasteiger partial charge in [-0.15, -0.1) is 0 Å². The molecule has 2 aromatic rings. The number of piperazine rings is 1. The van der Waals surface area contributed by atoms with Crippen molar-refractivity contribution in [3.63, 3.8) is 0 Å². The maximum absolute atomic E-state index is 13.7. The summed E-state index contributed by atoms with van der Waals surface area (Å²) in [5.74, 6) is -0.261. The van der Waals surface area contributed by atoms with Crippen LogP contribution in [0.4, 0.5) is 15.8 Å². The molecule has 1 heterocycles. The van der Waals surface area contributed by atoms with Crippen LogP contribution in [0.5, 0.6) is 0 Å². The fourth-order valence-electron chi connectivity index (χ4n) is 2.61. The molecule has 0 radical (unpaired) electrons. The highest BCUT2D eigenvalue weighted by molar-refractivity contribution is 5.83. The van der Waals surface area contributed by atoms with E-state index in [9.17, 15) is 9.18 Å².